The maximum Gasteiger partial charge on any atom is 0.286 e. The minimum Gasteiger partial charge on any atom is -0.497 e. The summed E-state index contributed by atoms with van der Waals surface area (Å²) in [5, 5.41) is 0.834. The molecule has 6 heteroatoms. The zero-order valence-corrected chi connectivity index (χ0v) is 14.9. The molecule has 0 atom stereocenters. The second-order valence-electron chi connectivity index (χ2n) is 5.82. The summed E-state index contributed by atoms with van der Waals surface area (Å²) < 4.78 is 10.6. The van der Waals surface area contributed by atoms with E-state index in [0.29, 0.717) is 10.7 Å². The van der Waals surface area contributed by atoms with Crippen LogP contribution >= 0.6 is 11.8 Å². The van der Waals surface area contributed by atoms with Crippen molar-refractivity contribution in [1.82, 2.24) is 4.90 Å². The lowest BCUT2D eigenvalue weighted by atomic mass is 10.1. The molecule has 0 saturated carbocycles. The fraction of sp³-hybridized carbons (Fsp3) is 0.444. The summed E-state index contributed by atoms with van der Waals surface area (Å²) >= 11 is 1.46. The molecule has 2 aliphatic heterocycles. The average Bonchev–Trinajstić information content (AvgIpc) is 2.81. The van der Waals surface area contributed by atoms with Crippen molar-refractivity contribution in [2.45, 2.75) is 25.7 Å². The number of methoxy groups -OCH3 is 2. The van der Waals surface area contributed by atoms with Crippen molar-refractivity contribution in [2.24, 2.45) is 4.99 Å². The number of aliphatic imine (C=N–C) groups is 1. The van der Waals surface area contributed by atoms with E-state index in [0.717, 1.165) is 29.6 Å². The van der Waals surface area contributed by atoms with E-state index in [-0.39, 0.29) is 5.91 Å². The second kappa shape index (κ2) is 7.75. The molecule has 0 aromatic heterocycles. The predicted octanol–water partition coefficient (Wildman–Crippen LogP) is 3.55. The Morgan fingerprint density at radius 2 is 1.88 bits per heavy atom. The molecule has 1 saturated heterocycles. The Labute approximate surface area is 146 Å². The summed E-state index contributed by atoms with van der Waals surface area (Å²) in [5.41, 5.74) is 0.849. The van der Waals surface area contributed by atoms with Gasteiger partial charge in [0, 0.05) is 24.7 Å². The quantitative estimate of drug-likeness (QED) is 0.784. The SMILES string of the molecule is COc1ccc(C=C2SC(N3CCCCCC3)=NC2=O)c(OC)c1. The maximum absolute atomic E-state index is 12.3. The van der Waals surface area contributed by atoms with E-state index >= 15 is 0 Å². The number of likely N-dealkylation sites (tertiary alicyclic amines) is 1. The largest absolute Gasteiger partial charge is 0.497 e. The Morgan fingerprint density at radius 1 is 1.12 bits per heavy atom. The van der Waals surface area contributed by atoms with Gasteiger partial charge in [-0.05, 0) is 42.8 Å². The maximum atomic E-state index is 12.3. The fourth-order valence-corrected chi connectivity index (χ4v) is 3.83. The van der Waals surface area contributed by atoms with Gasteiger partial charge in [0.15, 0.2) is 5.17 Å². The minimum absolute atomic E-state index is 0.169. The van der Waals surface area contributed by atoms with Gasteiger partial charge in [0.25, 0.3) is 5.91 Å². The van der Waals surface area contributed by atoms with Crippen molar-refractivity contribution in [3.8, 4) is 11.5 Å². The third kappa shape index (κ3) is 3.75. The molecule has 2 heterocycles. The monoisotopic (exact) mass is 346 g/mol. The number of amidine groups is 1. The van der Waals surface area contributed by atoms with Crippen LogP contribution in [-0.4, -0.2) is 43.3 Å². The fourth-order valence-electron chi connectivity index (χ4n) is 2.87. The molecule has 0 unspecified atom stereocenters. The number of benzene rings is 1. The molecule has 0 aliphatic carbocycles. The first kappa shape index (κ1) is 16.9. The lowest BCUT2D eigenvalue weighted by Crippen LogP contribution is -2.28. The zero-order chi connectivity index (χ0) is 16.9. The minimum atomic E-state index is -0.169. The van der Waals surface area contributed by atoms with E-state index in [1.807, 2.05) is 24.3 Å². The van der Waals surface area contributed by atoms with E-state index in [1.165, 1.54) is 37.4 Å². The number of thioether (sulfide) groups is 1. The summed E-state index contributed by atoms with van der Waals surface area (Å²) in [4.78, 5) is 19.4. The average molecular weight is 346 g/mol. The van der Waals surface area contributed by atoms with Crippen LogP contribution in [0.3, 0.4) is 0 Å². The first-order valence-corrected chi connectivity index (χ1v) is 9.02. The number of amides is 1. The van der Waals surface area contributed by atoms with Crippen LogP contribution in [0.2, 0.25) is 0 Å². The highest BCUT2D eigenvalue weighted by molar-refractivity contribution is 8.18. The molecule has 0 radical (unpaired) electrons. The molecule has 1 aromatic rings. The highest BCUT2D eigenvalue weighted by Crippen LogP contribution is 2.34. The van der Waals surface area contributed by atoms with Crippen LogP contribution in [0.5, 0.6) is 11.5 Å². The van der Waals surface area contributed by atoms with Gasteiger partial charge in [0.1, 0.15) is 11.5 Å². The topological polar surface area (TPSA) is 51.1 Å². The molecular weight excluding hydrogens is 324 g/mol. The van der Waals surface area contributed by atoms with Gasteiger partial charge in [-0.2, -0.15) is 4.99 Å². The van der Waals surface area contributed by atoms with Crippen molar-refractivity contribution in [2.75, 3.05) is 27.3 Å². The number of carbonyl (C=O) groups is 1. The molecule has 0 bridgehead atoms. The van der Waals surface area contributed by atoms with Crippen molar-refractivity contribution in [3.05, 3.63) is 28.7 Å². The smallest absolute Gasteiger partial charge is 0.286 e. The molecule has 1 fully saturated rings. The van der Waals surface area contributed by atoms with Crippen molar-refractivity contribution in [1.29, 1.82) is 0 Å². The van der Waals surface area contributed by atoms with E-state index in [2.05, 4.69) is 9.89 Å². The molecule has 3 rings (SSSR count). The Bertz CT molecular complexity index is 677. The van der Waals surface area contributed by atoms with Gasteiger partial charge in [-0.1, -0.05) is 12.8 Å². The molecule has 2 aliphatic rings. The van der Waals surface area contributed by atoms with E-state index in [1.54, 1.807) is 14.2 Å². The highest BCUT2D eigenvalue weighted by Gasteiger charge is 2.26. The molecular formula is C18H22N2O3S. The molecule has 128 valence electrons. The first-order valence-electron chi connectivity index (χ1n) is 8.21. The summed E-state index contributed by atoms with van der Waals surface area (Å²) in [6.07, 6.45) is 6.69. The third-order valence-electron chi connectivity index (χ3n) is 4.21. The summed E-state index contributed by atoms with van der Waals surface area (Å²) in [5.74, 6) is 1.23. The van der Waals surface area contributed by atoms with E-state index in [4.69, 9.17) is 9.47 Å². The Kier molecular flexibility index (Phi) is 5.45. The van der Waals surface area contributed by atoms with Gasteiger partial charge in [-0.3, -0.25) is 4.79 Å². The number of hydrogen-bond donors (Lipinski definition) is 0. The van der Waals surface area contributed by atoms with E-state index in [9.17, 15) is 4.79 Å². The van der Waals surface area contributed by atoms with Crippen LogP contribution in [0.25, 0.3) is 6.08 Å². The summed E-state index contributed by atoms with van der Waals surface area (Å²) in [6.45, 7) is 1.97. The summed E-state index contributed by atoms with van der Waals surface area (Å²) in [7, 11) is 3.23. The van der Waals surface area contributed by atoms with Crippen molar-refractivity contribution >= 4 is 28.9 Å². The lowest BCUT2D eigenvalue weighted by Gasteiger charge is -2.20. The van der Waals surface area contributed by atoms with Crippen molar-refractivity contribution < 1.29 is 14.3 Å². The van der Waals surface area contributed by atoms with E-state index < -0.39 is 0 Å². The zero-order valence-electron chi connectivity index (χ0n) is 14.1. The predicted molar refractivity (Wildman–Crippen MR) is 97.6 cm³/mol. The van der Waals surface area contributed by atoms with Gasteiger partial charge in [0.05, 0.1) is 19.1 Å². The van der Waals surface area contributed by atoms with Crippen LogP contribution in [-0.2, 0) is 4.79 Å². The number of rotatable bonds is 3. The Balaban J connectivity index is 1.79. The van der Waals surface area contributed by atoms with Gasteiger partial charge >= 0.3 is 0 Å². The van der Waals surface area contributed by atoms with Gasteiger partial charge in [0.2, 0.25) is 0 Å². The number of carbonyl (C=O) groups excluding carboxylic acids is 1. The molecule has 1 amide bonds. The van der Waals surface area contributed by atoms with Crippen LogP contribution in [0.4, 0.5) is 0 Å². The van der Waals surface area contributed by atoms with Gasteiger partial charge in [-0.15, -0.1) is 0 Å². The third-order valence-corrected chi connectivity index (χ3v) is 5.26. The second-order valence-corrected chi connectivity index (χ2v) is 6.83. The van der Waals surface area contributed by atoms with Crippen LogP contribution < -0.4 is 9.47 Å². The van der Waals surface area contributed by atoms with Crippen LogP contribution in [0.1, 0.15) is 31.2 Å². The Hall–Kier alpha value is -1.95. The number of ether oxygens (including phenoxy) is 2. The molecule has 24 heavy (non-hydrogen) atoms. The highest BCUT2D eigenvalue weighted by atomic mass is 32.2. The number of nitrogens with zero attached hydrogens (tertiary/aromatic N) is 2. The molecule has 0 spiro atoms. The Morgan fingerprint density at radius 3 is 2.54 bits per heavy atom. The number of hydrogen-bond acceptors (Lipinski definition) is 5. The van der Waals surface area contributed by atoms with Crippen LogP contribution in [0.15, 0.2) is 28.1 Å². The first-order chi connectivity index (χ1) is 11.7. The van der Waals surface area contributed by atoms with Gasteiger partial charge in [-0.25, -0.2) is 0 Å². The molecule has 1 aromatic carbocycles. The standard InChI is InChI=1S/C18H22N2O3S/c1-22-14-8-7-13(15(12-14)23-2)11-16-17(21)19-18(24-16)20-9-5-3-4-6-10-20/h7-8,11-12H,3-6,9-10H2,1-2H3. The van der Waals surface area contributed by atoms with Crippen LogP contribution in [0, 0.1) is 0 Å². The normalized spacial score (nSPS) is 20.1. The van der Waals surface area contributed by atoms with Crippen molar-refractivity contribution in [3.63, 3.8) is 0 Å². The van der Waals surface area contributed by atoms with Gasteiger partial charge < -0.3 is 14.4 Å². The lowest BCUT2D eigenvalue weighted by molar-refractivity contribution is -0.113. The molecule has 0 N–H and O–H groups in total. The summed E-state index contributed by atoms with van der Waals surface area (Å²) in [6, 6.07) is 5.56. The molecule has 5 nitrogen and oxygen atoms in total.